The molecule has 4 N–H and O–H groups in total. The minimum atomic E-state index is -4.13. The number of amides is 1. The number of hydroxylamine groups is 3. The van der Waals surface area contributed by atoms with Crippen molar-refractivity contribution in [3.05, 3.63) is 63.6 Å². The number of carbonyl (C=O) groups is 1. The zero-order valence-electron chi connectivity index (χ0n) is 21.1. The molecule has 2 bridgehead atoms. The molecule has 1 unspecified atom stereocenters. The molecule has 1 amide bonds. The Bertz CT molecular complexity index is 1410. The minimum absolute atomic E-state index is 0.0430. The SMILES string of the molecule is O=C(Nc1cc(F)c(F)c(F)c1)c1ccc(Cl)c(S(=O)(=O)[C@@H]2CC3CC[C@@H](C2)[C@@]3(O)C[N+]2([O-])C[C@@H](O)[C@H](O)C2)c1. The Morgan fingerprint density at radius 2 is 1.60 bits per heavy atom. The highest BCUT2D eigenvalue weighted by atomic mass is 35.5. The number of nitrogens with one attached hydrogen (secondary N) is 1. The van der Waals surface area contributed by atoms with Crippen molar-refractivity contribution in [1.82, 2.24) is 0 Å². The number of benzene rings is 2. The summed E-state index contributed by atoms with van der Waals surface area (Å²) in [6, 6.07) is 4.66. The number of nitrogens with zero attached hydrogens (tertiary/aromatic N) is 1. The summed E-state index contributed by atoms with van der Waals surface area (Å²) in [5.41, 5.74) is -2.00. The first-order chi connectivity index (χ1) is 18.6. The first-order valence-electron chi connectivity index (χ1n) is 12.8. The van der Waals surface area contributed by atoms with Gasteiger partial charge in [0.2, 0.25) is 0 Å². The summed E-state index contributed by atoms with van der Waals surface area (Å²) in [5, 5.41) is 45.5. The molecule has 9 nitrogen and oxygen atoms in total. The maximum absolute atomic E-state index is 13.7. The smallest absolute Gasteiger partial charge is 0.255 e. The van der Waals surface area contributed by atoms with Crippen molar-refractivity contribution in [3.8, 4) is 0 Å². The van der Waals surface area contributed by atoms with Gasteiger partial charge in [-0.15, -0.1) is 0 Å². The molecule has 2 aliphatic carbocycles. The lowest BCUT2D eigenvalue weighted by atomic mass is 9.74. The maximum Gasteiger partial charge on any atom is 0.255 e. The molecule has 1 saturated heterocycles. The Kier molecular flexibility index (Phi) is 7.48. The van der Waals surface area contributed by atoms with Gasteiger partial charge in [-0.25, -0.2) is 21.6 Å². The lowest BCUT2D eigenvalue weighted by Crippen LogP contribution is -2.59. The molecule has 6 atom stereocenters. The average Bonchev–Trinajstić information content (AvgIpc) is 3.16. The van der Waals surface area contributed by atoms with E-state index in [-0.39, 0.29) is 53.6 Å². The van der Waals surface area contributed by atoms with Crippen LogP contribution in [-0.2, 0) is 9.84 Å². The van der Waals surface area contributed by atoms with E-state index in [0.717, 1.165) is 6.07 Å². The van der Waals surface area contributed by atoms with Crippen molar-refractivity contribution >= 4 is 33.0 Å². The molecule has 2 aromatic rings. The number of hydrogen-bond donors (Lipinski definition) is 4. The molecule has 1 heterocycles. The number of hydrogen-bond acceptors (Lipinski definition) is 7. The number of quaternary nitrogens is 1. The van der Waals surface area contributed by atoms with Gasteiger partial charge in [-0.05, 0) is 55.7 Å². The molecule has 3 fully saturated rings. The Hall–Kier alpha value is -2.26. The van der Waals surface area contributed by atoms with Crippen LogP contribution in [0.25, 0.3) is 0 Å². The van der Waals surface area contributed by atoms with E-state index in [1.807, 2.05) is 0 Å². The molecule has 3 aliphatic rings. The van der Waals surface area contributed by atoms with Crippen molar-refractivity contribution in [2.24, 2.45) is 11.8 Å². The zero-order chi connectivity index (χ0) is 29.2. The highest BCUT2D eigenvalue weighted by Crippen LogP contribution is 2.53. The summed E-state index contributed by atoms with van der Waals surface area (Å²) in [6.07, 6.45) is -1.30. The van der Waals surface area contributed by atoms with E-state index in [1.54, 1.807) is 0 Å². The molecule has 218 valence electrons. The molecule has 5 rings (SSSR count). The topological polar surface area (TPSA) is 147 Å². The number of anilines is 1. The van der Waals surface area contributed by atoms with Crippen LogP contribution in [-0.4, -0.2) is 77.0 Å². The van der Waals surface area contributed by atoms with Crippen molar-refractivity contribution in [2.75, 3.05) is 25.0 Å². The van der Waals surface area contributed by atoms with Crippen LogP contribution in [0.3, 0.4) is 0 Å². The number of likely N-dealkylation sites (tertiary alicyclic amines) is 1. The quantitative estimate of drug-likeness (QED) is 0.225. The third-order valence-electron chi connectivity index (χ3n) is 8.58. The molecule has 0 spiro atoms. The molecule has 2 saturated carbocycles. The third-order valence-corrected chi connectivity index (χ3v) is 11.2. The van der Waals surface area contributed by atoms with Crippen LogP contribution in [0.5, 0.6) is 0 Å². The fraction of sp³-hybridized carbons (Fsp3) is 0.500. The zero-order valence-corrected chi connectivity index (χ0v) is 22.6. The van der Waals surface area contributed by atoms with Crippen LogP contribution >= 0.6 is 11.6 Å². The van der Waals surface area contributed by atoms with Crippen molar-refractivity contribution in [3.63, 3.8) is 0 Å². The first-order valence-corrected chi connectivity index (χ1v) is 14.7. The lowest BCUT2D eigenvalue weighted by molar-refractivity contribution is -0.878. The molecule has 1 aliphatic heterocycles. The van der Waals surface area contributed by atoms with Crippen LogP contribution in [0.4, 0.5) is 18.9 Å². The summed E-state index contributed by atoms with van der Waals surface area (Å²) in [5.74, 6) is -6.66. The average molecular weight is 605 g/mol. The van der Waals surface area contributed by atoms with Crippen molar-refractivity contribution in [2.45, 2.75) is 53.6 Å². The predicted molar refractivity (Wildman–Crippen MR) is 137 cm³/mol. The number of rotatable bonds is 6. The van der Waals surface area contributed by atoms with Gasteiger partial charge in [0.1, 0.15) is 37.4 Å². The van der Waals surface area contributed by atoms with Gasteiger partial charge in [-0.1, -0.05) is 11.6 Å². The number of halogens is 4. The fourth-order valence-corrected chi connectivity index (χ4v) is 8.99. The standard InChI is InChI=1S/C26H28ClF3N2O7S/c27-18-4-1-13(25(35)31-16-8-19(28)24(30)20(29)9-16)5-23(18)40(38,39)17-6-14-2-3-15(7-17)26(14,36)12-32(37)10-21(33)22(34)11-32/h1,4-5,8-9,14-15,17,21-22,33-34,36H,2-3,6-7,10-12H2,(H,31,35)/t14-,15?,17-,21+,22+,26-/m0/s1. The normalized spacial score (nSPS) is 31.4. The lowest BCUT2D eigenvalue weighted by Gasteiger charge is -2.49. The van der Waals surface area contributed by atoms with E-state index >= 15 is 0 Å². The summed E-state index contributed by atoms with van der Waals surface area (Å²) in [7, 11) is -4.13. The minimum Gasteiger partial charge on any atom is -0.633 e. The molecule has 2 aromatic carbocycles. The van der Waals surface area contributed by atoms with Gasteiger partial charge in [0, 0.05) is 23.4 Å². The van der Waals surface area contributed by atoms with Crippen LogP contribution in [0.15, 0.2) is 35.2 Å². The number of fused-ring (bicyclic) bond motifs is 2. The summed E-state index contributed by atoms with van der Waals surface area (Å²) >= 11 is 6.23. The Balaban J connectivity index is 1.35. The van der Waals surface area contributed by atoms with Gasteiger partial charge in [0.15, 0.2) is 27.3 Å². The molecule has 0 radical (unpaired) electrons. The molecule has 40 heavy (non-hydrogen) atoms. The highest BCUT2D eigenvalue weighted by molar-refractivity contribution is 7.92. The van der Waals surface area contributed by atoms with E-state index in [2.05, 4.69) is 5.32 Å². The Morgan fingerprint density at radius 3 is 2.15 bits per heavy atom. The van der Waals surface area contributed by atoms with Crippen LogP contribution < -0.4 is 5.32 Å². The Labute approximate surface area is 233 Å². The summed E-state index contributed by atoms with van der Waals surface area (Å²) in [6.45, 7) is -0.775. The number of sulfone groups is 1. The van der Waals surface area contributed by atoms with Crippen LogP contribution in [0.2, 0.25) is 5.02 Å². The number of aliphatic hydroxyl groups excluding tert-OH is 2. The van der Waals surface area contributed by atoms with Gasteiger partial charge in [0.25, 0.3) is 5.91 Å². The second-order valence-corrected chi connectivity index (χ2v) is 13.8. The molecule has 0 aromatic heterocycles. The van der Waals surface area contributed by atoms with Gasteiger partial charge in [-0.2, -0.15) is 0 Å². The van der Waals surface area contributed by atoms with E-state index < -0.39 is 72.7 Å². The van der Waals surface area contributed by atoms with Crippen molar-refractivity contribution < 1.29 is 46.3 Å². The highest BCUT2D eigenvalue weighted by Gasteiger charge is 2.59. The fourth-order valence-electron chi connectivity index (χ4n) is 6.59. The van der Waals surface area contributed by atoms with Gasteiger partial charge >= 0.3 is 0 Å². The van der Waals surface area contributed by atoms with Crippen LogP contribution in [0, 0.1) is 34.5 Å². The van der Waals surface area contributed by atoms with Gasteiger partial charge in [-0.3, -0.25) is 4.79 Å². The molecular weight excluding hydrogens is 577 g/mol. The largest absolute Gasteiger partial charge is 0.633 e. The molecule has 14 heteroatoms. The number of aliphatic hydroxyl groups is 3. The van der Waals surface area contributed by atoms with Gasteiger partial charge in [0.05, 0.1) is 15.2 Å². The third kappa shape index (κ3) is 5.13. The van der Waals surface area contributed by atoms with Gasteiger partial charge < -0.3 is 30.5 Å². The van der Waals surface area contributed by atoms with Crippen LogP contribution in [0.1, 0.15) is 36.0 Å². The van der Waals surface area contributed by atoms with E-state index in [9.17, 15) is 46.9 Å². The predicted octanol–water partition coefficient (Wildman–Crippen LogP) is 2.75. The van der Waals surface area contributed by atoms with E-state index in [4.69, 9.17) is 11.6 Å². The Morgan fingerprint density at radius 1 is 1.05 bits per heavy atom. The summed E-state index contributed by atoms with van der Waals surface area (Å²) < 4.78 is 66.8. The number of carbonyl (C=O) groups excluding carboxylic acids is 1. The second kappa shape index (κ2) is 10.2. The monoisotopic (exact) mass is 604 g/mol. The van der Waals surface area contributed by atoms with E-state index in [0.29, 0.717) is 25.0 Å². The van der Waals surface area contributed by atoms with Crippen molar-refractivity contribution in [1.29, 1.82) is 0 Å². The molecular formula is C26H28ClF3N2O7S. The van der Waals surface area contributed by atoms with E-state index in [1.165, 1.54) is 12.1 Å². The second-order valence-electron chi connectivity index (χ2n) is 11.2. The summed E-state index contributed by atoms with van der Waals surface area (Å²) in [4.78, 5) is 12.4. The first kappa shape index (κ1) is 29.2. The maximum atomic E-state index is 13.7.